The van der Waals surface area contributed by atoms with Gasteiger partial charge in [0.1, 0.15) is 5.54 Å². The number of fused-ring (bicyclic) bond motifs is 1. The molecule has 0 bridgehead atoms. The summed E-state index contributed by atoms with van der Waals surface area (Å²) in [5.74, 6) is 0.181. The first-order chi connectivity index (χ1) is 11.7. The minimum atomic E-state index is -0.608. The van der Waals surface area contributed by atoms with Crippen molar-refractivity contribution in [1.82, 2.24) is 9.88 Å². The summed E-state index contributed by atoms with van der Waals surface area (Å²) in [6, 6.07) is 12.2. The van der Waals surface area contributed by atoms with Gasteiger partial charge in [-0.05, 0) is 56.5 Å². The summed E-state index contributed by atoms with van der Waals surface area (Å²) < 4.78 is 0. The van der Waals surface area contributed by atoms with E-state index in [0.717, 1.165) is 50.1 Å². The summed E-state index contributed by atoms with van der Waals surface area (Å²) in [4.78, 5) is 22.2. The zero-order valence-electron chi connectivity index (χ0n) is 14.1. The van der Waals surface area contributed by atoms with Gasteiger partial charge in [0, 0.05) is 18.9 Å². The van der Waals surface area contributed by atoms with Crippen molar-refractivity contribution in [3.8, 4) is 0 Å². The van der Waals surface area contributed by atoms with Crippen LogP contribution in [-0.4, -0.2) is 35.4 Å². The summed E-state index contributed by atoms with van der Waals surface area (Å²) in [7, 11) is 0. The molecule has 4 nitrogen and oxygen atoms in total. The van der Waals surface area contributed by atoms with E-state index < -0.39 is 5.54 Å². The zero-order valence-corrected chi connectivity index (χ0v) is 14.1. The highest BCUT2D eigenvalue weighted by molar-refractivity contribution is 6.02. The Bertz CT molecular complexity index is 740. The lowest BCUT2D eigenvalue weighted by Crippen LogP contribution is -2.54. The minimum absolute atomic E-state index is 0.181. The average Bonchev–Trinajstić information content (AvgIpc) is 3.31. The van der Waals surface area contributed by atoms with Gasteiger partial charge in [0.15, 0.2) is 0 Å². The SMILES string of the molecule is C[C@](C(=O)N1CCc2cnccc21)(c1ccccc1)N1CCCC1. The van der Waals surface area contributed by atoms with E-state index in [1.54, 1.807) is 6.20 Å². The molecule has 4 heteroatoms. The van der Waals surface area contributed by atoms with Crippen molar-refractivity contribution < 1.29 is 4.79 Å². The summed E-state index contributed by atoms with van der Waals surface area (Å²) in [5.41, 5.74) is 2.67. The molecule has 0 unspecified atom stereocenters. The number of nitrogens with zero attached hydrogens (tertiary/aromatic N) is 3. The molecule has 0 spiro atoms. The number of benzene rings is 1. The van der Waals surface area contributed by atoms with Crippen LogP contribution < -0.4 is 4.90 Å². The number of likely N-dealkylation sites (tertiary alicyclic amines) is 1. The van der Waals surface area contributed by atoms with Crippen molar-refractivity contribution in [2.75, 3.05) is 24.5 Å². The van der Waals surface area contributed by atoms with E-state index in [1.165, 1.54) is 5.56 Å². The molecule has 0 N–H and O–H groups in total. The Hall–Kier alpha value is -2.20. The Morgan fingerprint density at radius 2 is 1.83 bits per heavy atom. The highest BCUT2D eigenvalue weighted by atomic mass is 16.2. The molecule has 1 aromatic carbocycles. The Balaban J connectivity index is 1.76. The molecule has 0 radical (unpaired) electrons. The van der Waals surface area contributed by atoms with Gasteiger partial charge in [-0.1, -0.05) is 30.3 Å². The lowest BCUT2D eigenvalue weighted by Gasteiger charge is -2.40. The molecule has 24 heavy (non-hydrogen) atoms. The number of rotatable bonds is 3. The molecule has 0 saturated carbocycles. The predicted molar refractivity (Wildman–Crippen MR) is 94.9 cm³/mol. The highest BCUT2D eigenvalue weighted by Crippen LogP contribution is 2.37. The second kappa shape index (κ2) is 6.02. The molecule has 4 rings (SSSR count). The first-order valence-electron chi connectivity index (χ1n) is 8.76. The number of pyridine rings is 1. The first kappa shape index (κ1) is 15.3. The lowest BCUT2D eigenvalue weighted by molar-refractivity contribution is -0.129. The first-order valence-corrected chi connectivity index (χ1v) is 8.76. The summed E-state index contributed by atoms with van der Waals surface area (Å²) in [6.45, 7) is 4.80. The smallest absolute Gasteiger partial charge is 0.251 e. The van der Waals surface area contributed by atoms with Crippen molar-refractivity contribution in [1.29, 1.82) is 0 Å². The number of carbonyl (C=O) groups excluding carboxylic acids is 1. The summed E-state index contributed by atoms with van der Waals surface area (Å²) >= 11 is 0. The molecule has 1 saturated heterocycles. The number of hydrogen-bond donors (Lipinski definition) is 0. The summed E-state index contributed by atoms with van der Waals surface area (Å²) in [6.07, 6.45) is 6.88. The van der Waals surface area contributed by atoms with Gasteiger partial charge in [0.05, 0.1) is 5.69 Å². The largest absolute Gasteiger partial charge is 0.310 e. The van der Waals surface area contributed by atoms with Gasteiger partial charge in [-0.2, -0.15) is 0 Å². The topological polar surface area (TPSA) is 36.4 Å². The molecule has 124 valence electrons. The van der Waals surface area contributed by atoms with Crippen LogP contribution in [0.15, 0.2) is 48.8 Å². The van der Waals surface area contributed by atoms with Crippen LogP contribution in [0.4, 0.5) is 5.69 Å². The van der Waals surface area contributed by atoms with E-state index in [4.69, 9.17) is 0 Å². The molecule has 1 atom stereocenters. The standard InChI is InChI=1S/C20H23N3O/c1-20(22-12-5-6-13-22,17-7-3-2-4-8-17)19(24)23-14-10-16-15-21-11-9-18(16)23/h2-4,7-9,11,15H,5-6,10,12-14H2,1H3/t20-/m1/s1. The molecule has 2 aliphatic heterocycles. The van der Waals surface area contributed by atoms with Gasteiger partial charge in [-0.3, -0.25) is 14.7 Å². The van der Waals surface area contributed by atoms with Crippen LogP contribution >= 0.6 is 0 Å². The molecule has 0 aliphatic carbocycles. The van der Waals surface area contributed by atoms with Crippen molar-refractivity contribution in [2.45, 2.75) is 31.7 Å². The van der Waals surface area contributed by atoms with Crippen LogP contribution in [-0.2, 0) is 16.8 Å². The molecule has 2 aliphatic rings. The zero-order chi connectivity index (χ0) is 16.6. The Kier molecular flexibility index (Phi) is 3.85. The third-order valence-electron chi connectivity index (χ3n) is 5.51. The van der Waals surface area contributed by atoms with Crippen LogP contribution in [0.3, 0.4) is 0 Å². The average molecular weight is 321 g/mol. The van der Waals surface area contributed by atoms with Gasteiger partial charge in [0.2, 0.25) is 0 Å². The molecule has 3 heterocycles. The molecule has 2 aromatic rings. The van der Waals surface area contributed by atoms with Gasteiger partial charge < -0.3 is 4.90 Å². The second-order valence-corrected chi connectivity index (χ2v) is 6.84. The lowest BCUT2D eigenvalue weighted by atomic mass is 9.88. The molecule has 1 aromatic heterocycles. The number of carbonyl (C=O) groups is 1. The highest BCUT2D eigenvalue weighted by Gasteiger charge is 2.45. The normalized spacial score (nSPS) is 20.0. The van der Waals surface area contributed by atoms with E-state index in [2.05, 4.69) is 28.9 Å². The van der Waals surface area contributed by atoms with E-state index in [9.17, 15) is 4.79 Å². The Morgan fingerprint density at radius 1 is 1.08 bits per heavy atom. The number of hydrogen-bond acceptors (Lipinski definition) is 3. The van der Waals surface area contributed by atoms with Crippen molar-refractivity contribution in [3.05, 3.63) is 59.9 Å². The fourth-order valence-corrected chi connectivity index (χ4v) is 4.07. The van der Waals surface area contributed by atoms with Crippen LogP contribution in [0, 0.1) is 0 Å². The van der Waals surface area contributed by atoms with Gasteiger partial charge in [-0.15, -0.1) is 0 Å². The fraction of sp³-hybridized carbons (Fsp3) is 0.400. The van der Waals surface area contributed by atoms with Crippen LogP contribution in [0.1, 0.15) is 30.9 Å². The maximum Gasteiger partial charge on any atom is 0.251 e. The van der Waals surface area contributed by atoms with Crippen molar-refractivity contribution in [3.63, 3.8) is 0 Å². The molecule has 1 fully saturated rings. The van der Waals surface area contributed by atoms with E-state index >= 15 is 0 Å². The fourth-order valence-electron chi connectivity index (χ4n) is 4.07. The summed E-state index contributed by atoms with van der Waals surface area (Å²) in [5, 5.41) is 0. The maximum atomic E-state index is 13.7. The number of amides is 1. The van der Waals surface area contributed by atoms with E-state index in [0.29, 0.717) is 0 Å². The van der Waals surface area contributed by atoms with Crippen molar-refractivity contribution >= 4 is 11.6 Å². The van der Waals surface area contributed by atoms with E-state index in [-0.39, 0.29) is 5.91 Å². The third kappa shape index (κ3) is 2.33. The Labute approximate surface area is 143 Å². The third-order valence-corrected chi connectivity index (χ3v) is 5.51. The molecule has 1 amide bonds. The minimum Gasteiger partial charge on any atom is -0.310 e. The van der Waals surface area contributed by atoms with Gasteiger partial charge >= 0.3 is 0 Å². The number of aromatic nitrogens is 1. The Morgan fingerprint density at radius 3 is 2.58 bits per heavy atom. The predicted octanol–water partition coefficient (Wildman–Crippen LogP) is 2.98. The van der Waals surface area contributed by atoms with Crippen LogP contribution in [0.5, 0.6) is 0 Å². The van der Waals surface area contributed by atoms with Crippen LogP contribution in [0.2, 0.25) is 0 Å². The van der Waals surface area contributed by atoms with Gasteiger partial charge in [-0.25, -0.2) is 0 Å². The van der Waals surface area contributed by atoms with Crippen LogP contribution in [0.25, 0.3) is 0 Å². The number of anilines is 1. The quantitative estimate of drug-likeness (QED) is 0.872. The molecular weight excluding hydrogens is 298 g/mol. The van der Waals surface area contributed by atoms with Crippen molar-refractivity contribution in [2.24, 2.45) is 0 Å². The van der Waals surface area contributed by atoms with E-state index in [1.807, 2.05) is 35.4 Å². The second-order valence-electron chi connectivity index (χ2n) is 6.84. The molecular formula is C20H23N3O. The monoisotopic (exact) mass is 321 g/mol. The van der Waals surface area contributed by atoms with Gasteiger partial charge in [0.25, 0.3) is 5.91 Å². The maximum absolute atomic E-state index is 13.7.